The molecule has 2 rings (SSSR count). The van der Waals surface area contributed by atoms with Crippen LogP contribution in [0.25, 0.3) is 0 Å². The van der Waals surface area contributed by atoms with Gasteiger partial charge in [-0.2, -0.15) is 0 Å². The molecule has 1 aromatic rings. The molecule has 1 aliphatic heterocycles. The van der Waals surface area contributed by atoms with Crippen molar-refractivity contribution >= 4 is 5.91 Å². The lowest BCUT2D eigenvalue weighted by molar-refractivity contribution is -0.134. The molecule has 0 unspecified atom stereocenters. The fraction of sp³-hybridized carbons (Fsp3) is 0.632. The average Bonchev–Trinajstić information content (AvgIpc) is 2.44. The van der Waals surface area contributed by atoms with Crippen LogP contribution in [0.5, 0.6) is 0 Å². The lowest BCUT2D eigenvalue weighted by Gasteiger charge is -2.36. The van der Waals surface area contributed by atoms with Crippen LogP contribution < -0.4 is 5.73 Å². The molecule has 2 atom stereocenters. The summed E-state index contributed by atoms with van der Waals surface area (Å²) in [5, 5.41) is 0. The fourth-order valence-corrected chi connectivity index (χ4v) is 3.15. The van der Waals surface area contributed by atoms with Crippen molar-refractivity contribution in [3.63, 3.8) is 0 Å². The fourth-order valence-electron chi connectivity index (χ4n) is 3.15. The molecule has 0 bridgehead atoms. The van der Waals surface area contributed by atoms with Gasteiger partial charge in [-0.1, -0.05) is 45.0 Å². The summed E-state index contributed by atoms with van der Waals surface area (Å²) in [4.78, 5) is 14.4. The van der Waals surface area contributed by atoms with Gasteiger partial charge >= 0.3 is 0 Å². The Balaban J connectivity index is 1.88. The third-order valence-corrected chi connectivity index (χ3v) is 4.68. The van der Waals surface area contributed by atoms with Crippen molar-refractivity contribution in [1.82, 2.24) is 4.90 Å². The summed E-state index contributed by atoms with van der Waals surface area (Å²) in [5.74, 6) is 0.263. The minimum atomic E-state index is 0.177. The van der Waals surface area contributed by atoms with Gasteiger partial charge in [-0.3, -0.25) is 4.79 Å². The van der Waals surface area contributed by atoms with E-state index in [1.165, 1.54) is 11.1 Å². The van der Waals surface area contributed by atoms with Gasteiger partial charge in [0.05, 0.1) is 0 Å². The number of aryl methyl sites for hydroxylation is 1. The maximum Gasteiger partial charge on any atom is 0.223 e. The van der Waals surface area contributed by atoms with Crippen LogP contribution >= 0.6 is 0 Å². The minimum absolute atomic E-state index is 0.177. The van der Waals surface area contributed by atoms with Crippen LogP contribution in [0.4, 0.5) is 0 Å². The average molecular weight is 302 g/mol. The van der Waals surface area contributed by atoms with E-state index in [1.54, 1.807) is 0 Å². The number of likely N-dealkylation sites (tertiary alicyclic amines) is 1. The third-order valence-electron chi connectivity index (χ3n) is 4.68. The normalized spacial score (nSPS) is 22.7. The van der Waals surface area contributed by atoms with E-state index in [0.29, 0.717) is 6.42 Å². The molecule has 0 aliphatic carbocycles. The van der Waals surface area contributed by atoms with Crippen molar-refractivity contribution in [1.29, 1.82) is 0 Å². The highest BCUT2D eigenvalue weighted by atomic mass is 16.2. The van der Waals surface area contributed by atoms with E-state index in [0.717, 1.165) is 25.8 Å². The molecule has 122 valence electrons. The number of nitrogens with zero attached hydrogens (tertiary/aromatic N) is 1. The first-order chi connectivity index (χ1) is 10.3. The zero-order valence-electron chi connectivity index (χ0n) is 14.4. The van der Waals surface area contributed by atoms with Crippen LogP contribution in [-0.2, 0) is 16.6 Å². The second-order valence-electron chi connectivity index (χ2n) is 7.67. The molecular weight excluding hydrogens is 272 g/mol. The summed E-state index contributed by atoms with van der Waals surface area (Å²) in [6.07, 6.45) is 3.26. The molecule has 1 amide bonds. The van der Waals surface area contributed by atoms with Gasteiger partial charge in [0, 0.05) is 25.0 Å². The standard InChI is InChI=1S/C19H30N2O/c1-14-13-17(20)11-12-21(14)18(22)10-7-15-5-8-16(9-6-15)19(2,3)4/h5-6,8-9,14,17H,7,10-13,20H2,1-4H3/t14-,17+/m1/s1. The summed E-state index contributed by atoms with van der Waals surface area (Å²) >= 11 is 0. The largest absolute Gasteiger partial charge is 0.340 e. The van der Waals surface area contributed by atoms with Crippen molar-refractivity contribution in [3.05, 3.63) is 35.4 Å². The quantitative estimate of drug-likeness (QED) is 0.931. The van der Waals surface area contributed by atoms with Crippen LogP contribution in [0.3, 0.4) is 0 Å². The molecule has 3 nitrogen and oxygen atoms in total. The second kappa shape index (κ2) is 6.82. The van der Waals surface area contributed by atoms with Gasteiger partial charge in [0.2, 0.25) is 5.91 Å². The first-order valence-corrected chi connectivity index (χ1v) is 8.42. The molecule has 0 aromatic heterocycles. The molecular formula is C19H30N2O. The maximum absolute atomic E-state index is 12.4. The summed E-state index contributed by atoms with van der Waals surface area (Å²) in [5.41, 5.74) is 8.71. The molecule has 0 spiro atoms. The van der Waals surface area contributed by atoms with Crippen LogP contribution in [0.2, 0.25) is 0 Å². The molecule has 1 fully saturated rings. The SMILES string of the molecule is C[C@@H]1C[C@@H](N)CCN1C(=O)CCc1ccc(C(C)(C)C)cc1. The molecule has 1 saturated heterocycles. The number of benzene rings is 1. The number of amides is 1. The summed E-state index contributed by atoms with van der Waals surface area (Å²) in [6.45, 7) is 9.56. The highest BCUT2D eigenvalue weighted by Gasteiger charge is 2.26. The number of piperidine rings is 1. The van der Waals surface area contributed by atoms with Crippen LogP contribution in [0.1, 0.15) is 58.1 Å². The maximum atomic E-state index is 12.4. The lowest BCUT2D eigenvalue weighted by Crippen LogP contribution is -2.48. The minimum Gasteiger partial charge on any atom is -0.340 e. The number of nitrogens with two attached hydrogens (primary N) is 1. The number of hydrogen-bond donors (Lipinski definition) is 1. The van der Waals surface area contributed by atoms with E-state index >= 15 is 0 Å². The van der Waals surface area contributed by atoms with E-state index < -0.39 is 0 Å². The van der Waals surface area contributed by atoms with E-state index in [1.807, 2.05) is 4.90 Å². The van der Waals surface area contributed by atoms with E-state index in [4.69, 9.17) is 5.73 Å². The van der Waals surface area contributed by atoms with Gasteiger partial charge in [0.1, 0.15) is 0 Å². The van der Waals surface area contributed by atoms with Gasteiger partial charge in [-0.05, 0) is 42.7 Å². The van der Waals surface area contributed by atoms with Crippen molar-refractivity contribution in [3.8, 4) is 0 Å². The number of carbonyl (C=O) groups excluding carboxylic acids is 1. The van der Waals surface area contributed by atoms with E-state index in [-0.39, 0.29) is 23.4 Å². The van der Waals surface area contributed by atoms with Crippen LogP contribution in [0, 0.1) is 0 Å². The summed E-state index contributed by atoms with van der Waals surface area (Å²) in [6, 6.07) is 9.21. The molecule has 2 N–H and O–H groups in total. The van der Waals surface area contributed by atoms with Gasteiger partial charge in [0.25, 0.3) is 0 Å². The van der Waals surface area contributed by atoms with Crippen molar-refractivity contribution in [2.45, 2.75) is 70.9 Å². The highest BCUT2D eigenvalue weighted by Crippen LogP contribution is 2.23. The van der Waals surface area contributed by atoms with Crippen molar-refractivity contribution < 1.29 is 4.79 Å². The first-order valence-electron chi connectivity index (χ1n) is 8.42. The predicted octanol–water partition coefficient (Wildman–Crippen LogP) is 3.25. The second-order valence-corrected chi connectivity index (χ2v) is 7.67. The van der Waals surface area contributed by atoms with Gasteiger partial charge in [-0.15, -0.1) is 0 Å². The summed E-state index contributed by atoms with van der Waals surface area (Å²) in [7, 11) is 0. The van der Waals surface area contributed by atoms with Gasteiger partial charge in [-0.25, -0.2) is 0 Å². The van der Waals surface area contributed by atoms with Crippen LogP contribution in [-0.4, -0.2) is 29.4 Å². The number of carbonyl (C=O) groups is 1. The smallest absolute Gasteiger partial charge is 0.223 e. The molecule has 1 aromatic carbocycles. The molecule has 3 heteroatoms. The Morgan fingerprint density at radius 3 is 2.45 bits per heavy atom. The molecule has 22 heavy (non-hydrogen) atoms. The van der Waals surface area contributed by atoms with Gasteiger partial charge < -0.3 is 10.6 Å². The Bertz CT molecular complexity index is 501. The van der Waals surface area contributed by atoms with Crippen molar-refractivity contribution in [2.75, 3.05) is 6.54 Å². The van der Waals surface area contributed by atoms with E-state index in [9.17, 15) is 4.79 Å². The zero-order chi connectivity index (χ0) is 16.3. The van der Waals surface area contributed by atoms with E-state index in [2.05, 4.69) is 52.0 Å². The Morgan fingerprint density at radius 2 is 1.91 bits per heavy atom. The predicted molar refractivity (Wildman–Crippen MR) is 91.8 cm³/mol. The Labute approximate surface area is 134 Å². The Morgan fingerprint density at radius 1 is 1.27 bits per heavy atom. The molecule has 0 radical (unpaired) electrons. The van der Waals surface area contributed by atoms with Crippen LogP contribution in [0.15, 0.2) is 24.3 Å². The number of hydrogen-bond acceptors (Lipinski definition) is 2. The Kier molecular flexibility index (Phi) is 5.28. The molecule has 1 heterocycles. The zero-order valence-corrected chi connectivity index (χ0v) is 14.4. The highest BCUT2D eigenvalue weighted by molar-refractivity contribution is 5.76. The molecule has 0 saturated carbocycles. The molecule has 1 aliphatic rings. The van der Waals surface area contributed by atoms with Crippen molar-refractivity contribution in [2.24, 2.45) is 5.73 Å². The third kappa shape index (κ3) is 4.33. The van der Waals surface area contributed by atoms with Gasteiger partial charge in [0.15, 0.2) is 0 Å². The Hall–Kier alpha value is -1.35. The topological polar surface area (TPSA) is 46.3 Å². The monoisotopic (exact) mass is 302 g/mol. The number of rotatable bonds is 3. The summed E-state index contributed by atoms with van der Waals surface area (Å²) < 4.78 is 0. The first kappa shape index (κ1) is 17.0. The lowest BCUT2D eigenvalue weighted by atomic mass is 9.86.